The number of hydrogen-bond donors (Lipinski definition) is 1. The Labute approximate surface area is 198 Å². The van der Waals surface area contributed by atoms with Crippen LogP contribution in [0.25, 0.3) is 0 Å². The fourth-order valence-corrected chi connectivity index (χ4v) is 6.07. The summed E-state index contributed by atoms with van der Waals surface area (Å²) in [7, 11) is 0. The van der Waals surface area contributed by atoms with Crippen molar-refractivity contribution < 1.29 is 19.1 Å². The molecule has 1 aromatic carbocycles. The van der Waals surface area contributed by atoms with E-state index in [-0.39, 0.29) is 30.1 Å². The van der Waals surface area contributed by atoms with Gasteiger partial charge in [-0.2, -0.15) is 0 Å². The first-order valence-corrected chi connectivity index (χ1v) is 11.9. The minimum Gasteiger partial charge on any atom is -0.488 e. The molecule has 3 heterocycles. The van der Waals surface area contributed by atoms with Gasteiger partial charge in [-0.3, -0.25) is 24.6 Å². The zero-order valence-corrected chi connectivity index (χ0v) is 18.9. The van der Waals surface area contributed by atoms with Crippen molar-refractivity contribution in [2.45, 2.75) is 25.4 Å². The molecule has 34 heavy (non-hydrogen) atoms. The van der Waals surface area contributed by atoms with Gasteiger partial charge in [-0.25, -0.2) is 0 Å². The molecule has 7 heteroatoms. The van der Waals surface area contributed by atoms with Gasteiger partial charge in [-0.05, 0) is 24.1 Å². The second-order valence-electron chi connectivity index (χ2n) is 9.67. The first kappa shape index (κ1) is 21.1. The van der Waals surface area contributed by atoms with Crippen LogP contribution in [0.1, 0.15) is 19.3 Å². The average Bonchev–Trinajstić information content (AvgIpc) is 3.13. The van der Waals surface area contributed by atoms with Crippen LogP contribution in [0.2, 0.25) is 0 Å². The summed E-state index contributed by atoms with van der Waals surface area (Å²) in [4.78, 5) is 42.4. The molecule has 0 bridgehead atoms. The number of carbonyl (C=O) groups excluding carboxylic acids is 3. The summed E-state index contributed by atoms with van der Waals surface area (Å²) in [5.74, 6) is -0.660. The Bertz CT molecular complexity index is 1160. The minimum absolute atomic E-state index is 0.0613. The summed E-state index contributed by atoms with van der Waals surface area (Å²) in [6, 6.07) is 9.86. The fourth-order valence-electron chi connectivity index (χ4n) is 6.07. The van der Waals surface area contributed by atoms with Crippen LogP contribution in [-0.2, 0) is 14.4 Å². The maximum absolute atomic E-state index is 13.3. The fraction of sp³-hybridized carbons (Fsp3) is 0.370. The number of hydrogen-bond acceptors (Lipinski definition) is 6. The Hall–Kier alpha value is -3.45. The zero-order chi connectivity index (χ0) is 23.3. The Morgan fingerprint density at radius 2 is 1.91 bits per heavy atom. The van der Waals surface area contributed by atoms with Crippen molar-refractivity contribution in [3.8, 4) is 5.75 Å². The lowest BCUT2D eigenvalue weighted by atomic mass is 9.58. The highest BCUT2D eigenvalue weighted by Gasteiger charge is 2.57. The number of Topliss-reactive ketones (excluding diaryl/α,β-unsaturated/α-hetero) is 1. The number of likely N-dealkylation sites (tertiary alicyclic amines) is 1. The van der Waals surface area contributed by atoms with E-state index in [1.165, 1.54) is 0 Å². The maximum atomic E-state index is 13.3. The van der Waals surface area contributed by atoms with Gasteiger partial charge in [0.25, 0.3) is 0 Å². The van der Waals surface area contributed by atoms with Crippen molar-refractivity contribution >= 4 is 17.6 Å². The van der Waals surface area contributed by atoms with Crippen molar-refractivity contribution in [2.75, 3.05) is 19.8 Å². The first-order chi connectivity index (χ1) is 16.5. The third-order valence-corrected chi connectivity index (χ3v) is 7.59. The van der Waals surface area contributed by atoms with E-state index in [0.29, 0.717) is 19.5 Å². The zero-order valence-electron chi connectivity index (χ0n) is 18.9. The quantitative estimate of drug-likeness (QED) is 0.685. The van der Waals surface area contributed by atoms with Gasteiger partial charge in [0.2, 0.25) is 11.8 Å². The van der Waals surface area contributed by atoms with E-state index in [2.05, 4.69) is 27.4 Å². The van der Waals surface area contributed by atoms with E-state index in [1.54, 1.807) is 0 Å². The largest absolute Gasteiger partial charge is 0.488 e. The normalized spacial score (nSPS) is 30.8. The highest BCUT2D eigenvalue weighted by molar-refractivity contribution is 6.02. The molecule has 1 spiro atoms. The number of imide groups is 1. The van der Waals surface area contributed by atoms with Gasteiger partial charge in [0.1, 0.15) is 17.6 Å². The Morgan fingerprint density at radius 1 is 1.09 bits per heavy atom. The molecular formula is C27H27N3O4. The number of piperidine rings is 1. The van der Waals surface area contributed by atoms with E-state index in [0.717, 1.165) is 30.1 Å². The van der Waals surface area contributed by atoms with Crippen molar-refractivity contribution in [3.63, 3.8) is 0 Å². The Kier molecular flexibility index (Phi) is 5.03. The van der Waals surface area contributed by atoms with Crippen molar-refractivity contribution in [1.82, 2.24) is 15.1 Å². The number of amides is 2. The summed E-state index contributed by atoms with van der Waals surface area (Å²) in [6.07, 6.45) is 13.4. The standard InChI is InChI=1S/C27H27N3O4/c31-22-10-11-23-27(25(22)21-9-12-24(32)28-26(21)33)13-5-4-6-18(27)14-30(23)17-29-15-20(16-29)34-19-7-2-1-3-8-19/h1-8,11,13-14,20-21,25H,9-10,12,15-17H2,(H,28,32,33). The molecule has 0 radical (unpaired) electrons. The van der Waals surface area contributed by atoms with Crippen LogP contribution in [0.5, 0.6) is 5.75 Å². The SMILES string of the molecule is O=C1CCC(C2C(=O)CC=C3N(CN4CC(Oc5ccccc5)C4)C=C4C=CC=CC432)C(=O)N1. The number of benzene rings is 1. The van der Waals surface area contributed by atoms with E-state index >= 15 is 0 Å². The monoisotopic (exact) mass is 457 g/mol. The molecule has 2 aliphatic carbocycles. The highest BCUT2D eigenvalue weighted by atomic mass is 16.5. The topological polar surface area (TPSA) is 79.0 Å². The molecule has 3 aliphatic heterocycles. The Morgan fingerprint density at radius 3 is 2.71 bits per heavy atom. The maximum Gasteiger partial charge on any atom is 0.230 e. The van der Waals surface area contributed by atoms with Crippen LogP contribution in [0.15, 0.2) is 78.2 Å². The molecule has 3 unspecified atom stereocenters. The predicted octanol–water partition coefficient (Wildman–Crippen LogP) is 2.54. The number of nitrogens with one attached hydrogen (secondary N) is 1. The van der Waals surface area contributed by atoms with Gasteiger partial charge in [-0.15, -0.1) is 0 Å². The molecule has 3 atom stereocenters. The van der Waals surface area contributed by atoms with Crippen molar-refractivity contribution in [2.24, 2.45) is 17.3 Å². The number of carbonyl (C=O) groups is 3. The van der Waals surface area contributed by atoms with Gasteiger partial charge in [-0.1, -0.05) is 48.6 Å². The number of rotatable bonds is 5. The predicted molar refractivity (Wildman–Crippen MR) is 125 cm³/mol. The smallest absolute Gasteiger partial charge is 0.230 e. The van der Waals surface area contributed by atoms with E-state index in [9.17, 15) is 14.4 Å². The second-order valence-corrected chi connectivity index (χ2v) is 9.67. The summed E-state index contributed by atoms with van der Waals surface area (Å²) in [6.45, 7) is 2.36. The molecule has 1 N–H and O–H groups in total. The second kappa shape index (κ2) is 8.09. The van der Waals surface area contributed by atoms with E-state index in [4.69, 9.17) is 4.74 Å². The molecule has 0 aromatic heterocycles. The lowest BCUT2D eigenvalue weighted by Crippen LogP contribution is -2.57. The molecule has 5 aliphatic rings. The highest BCUT2D eigenvalue weighted by Crippen LogP contribution is 2.57. The van der Waals surface area contributed by atoms with Crippen LogP contribution >= 0.6 is 0 Å². The van der Waals surface area contributed by atoms with Gasteiger partial charge < -0.3 is 9.64 Å². The molecule has 2 fully saturated rings. The van der Waals surface area contributed by atoms with Gasteiger partial charge in [0.05, 0.1) is 18.0 Å². The van der Waals surface area contributed by atoms with Crippen LogP contribution in [0.4, 0.5) is 0 Å². The molecule has 0 saturated carbocycles. The van der Waals surface area contributed by atoms with E-state index in [1.807, 2.05) is 54.6 Å². The number of nitrogens with zero attached hydrogens (tertiary/aromatic N) is 2. The van der Waals surface area contributed by atoms with Gasteiger partial charge in [0, 0.05) is 43.7 Å². The number of allylic oxidation sites excluding steroid dienone is 5. The summed E-state index contributed by atoms with van der Waals surface area (Å²) in [5.41, 5.74) is 1.43. The lowest BCUT2D eigenvalue weighted by Gasteiger charge is -2.47. The molecule has 1 aromatic rings. The van der Waals surface area contributed by atoms with Gasteiger partial charge >= 0.3 is 0 Å². The average molecular weight is 458 g/mol. The third kappa shape index (κ3) is 3.34. The number of ketones is 1. The Balaban J connectivity index is 1.22. The van der Waals surface area contributed by atoms with Crippen LogP contribution in [0.3, 0.4) is 0 Å². The summed E-state index contributed by atoms with van der Waals surface area (Å²) >= 11 is 0. The number of para-hydroxylation sites is 1. The molecule has 7 nitrogen and oxygen atoms in total. The summed E-state index contributed by atoms with van der Waals surface area (Å²) < 4.78 is 6.05. The first-order valence-electron chi connectivity index (χ1n) is 11.9. The third-order valence-electron chi connectivity index (χ3n) is 7.59. The molecule has 2 amide bonds. The molecule has 174 valence electrons. The van der Waals surface area contributed by atoms with Crippen LogP contribution in [-0.4, -0.2) is 53.3 Å². The molecule has 2 saturated heterocycles. The summed E-state index contributed by atoms with van der Waals surface area (Å²) in [5, 5.41) is 2.46. The van der Waals surface area contributed by atoms with Crippen molar-refractivity contribution in [1.29, 1.82) is 0 Å². The van der Waals surface area contributed by atoms with Crippen molar-refractivity contribution in [3.05, 3.63) is 78.2 Å². The molecule has 6 rings (SSSR count). The lowest BCUT2D eigenvalue weighted by molar-refractivity contribution is -0.143. The van der Waals surface area contributed by atoms with Gasteiger partial charge in [0.15, 0.2) is 0 Å². The van der Waals surface area contributed by atoms with E-state index < -0.39 is 17.3 Å². The van der Waals surface area contributed by atoms with Crippen LogP contribution in [0, 0.1) is 17.3 Å². The van der Waals surface area contributed by atoms with Crippen LogP contribution < -0.4 is 10.1 Å². The number of ether oxygens (including phenoxy) is 1. The minimum atomic E-state index is -0.655. The molecular weight excluding hydrogens is 430 g/mol.